The van der Waals surface area contributed by atoms with E-state index in [4.69, 9.17) is 11.6 Å². The van der Waals surface area contributed by atoms with Crippen molar-refractivity contribution in [3.63, 3.8) is 0 Å². The maximum atomic E-state index is 12.4. The van der Waals surface area contributed by atoms with Crippen molar-refractivity contribution in [2.24, 2.45) is 0 Å². The Hall–Kier alpha value is -1.96. The number of halogens is 1. The van der Waals surface area contributed by atoms with Crippen LogP contribution in [0.15, 0.2) is 24.3 Å². The fourth-order valence-corrected chi connectivity index (χ4v) is 4.90. The molecule has 0 saturated heterocycles. The van der Waals surface area contributed by atoms with E-state index >= 15 is 0 Å². The Kier molecular flexibility index (Phi) is 4.45. The largest absolute Gasteiger partial charge is 0.352 e. The van der Waals surface area contributed by atoms with Crippen molar-refractivity contribution >= 4 is 56.3 Å². The van der Waals surface area contributed by atoms with Crippen LogP contribution in [0.25, 0.3) is 10.2 Å². The lowest BCUT2D eigenvalue weighted by molar-refractivity contribution is 0.0953. The third-order valence-electron chi connectivity index (χ3n) is 3.94. The minimum absolute atomic E-state index is 0.0918. The van der Waals surface area contributed by atoms with Crippen LogP contribution in [-0.2, 0) is 13.0 Å². The number of amides is 2. The Morgan fingerprint density at radius 2 is 2.20 bits per heavy atom. The maximum absolute atomic E-state index is 12.4. The van der Waals surface area contributed by atoms with Gasteiger partial charge in [-0.3, -0.25) is 9.59 Å². The number of aromatic nitrogens is 1. The van der Waals surface area contributed by atoms with Gasteiger partial charge in [0.05, 0.1) is 27.2 Å². The fourth-order valence-electron chi connectivity index (χ4n) is 2.73. The molecule has 0 unspecified atom stereocenters. The van der Waals surface area contributed by atoms with Gasteiger partial charge in [-0.1, -0.05) is 11.6 Å². The molecule has 128 valence electrons. The highest BCUT2D eigenvalue weighted by atomic mass is 35.5. The smallest absolute Gasteiger partial charge is 0.261 e. The van der Waals surface area contributed by atoms with Crippen molar-refractivity contribution in [1.82, 2.24) is 15.6 Å². The molecule has 25 heavy (non-hydrogen) atoms. The summed E-state index contributed by atoms with van der Waals surface area (Å²) in [5.74, 6) is -0.269. The molecule has 3 heterocycles. The molecule has 5 nitrogen and oxygen atoms in total. The predicted octanol–water partition coefficient (Wildman–Crippen LogP) is 3.62. The van der Waals surface area contributed by atoms with Gasteiger partial charge in [-0.05, 0) is 37.1 Å². The zero-order valence-electron chi connectivity index (χ0n) is 13.1. The Bertz CT molecular complexity index is 980. The molecule has 8 heteroatoms. The van der Waals surface area contributed by atoms with Crippen LogP contribution in [-0.4, -0.2) is 23.3 Å². The lowest BCUT2D eigenvalue weighted by Gasteiger charge is -2.00. The van der Waals surface area contributed by atoms with Gasteiger partial charge >= 0.3 is 0 Å². The third kappa shape index (κ3) is 3.40. The van der Waals surface area contributed by atoms with Crippen LogP contribution in [0.5, 0.6) is 0 Å². The molecule has 0 aliphatic carbocycles. The number of benzene rings is 1. The monoisotopic (exact) mass is 391 g/mol. The average Bonchev–Trinajstić information content (AvgIpc) is 3.16. The van der Waals surface area contributed by atoms with E-state index in [0.29, 0.717) is 28.6 Å². The van der Waals surface area contributed by atoms with E-state index in [9.17, 15) is 9.59 Å². The third-order valence-corrected chi connectivity index (χ3v) is 6.40. The highest BCUT2D eigenvalue weighted by Crippen LogP contribution is 2.27. The summed E-state index contributed by atoms with van der Waals surface area (Å²) in [5, 5.41) is 7.20. The second kappa shape index (κ2) is 6.74. The molecule has 1 aliphatic heterocycles. The van der Waals surface area contributed by atoms with Gasteiger partial charge in [0.2, 0.25) is 0 Å². The molecule has 0 saturated carbocycles. The van der Waals surface area contributed by atoms with Crippen molar-refractivity contribution in [1.29, 1.82) is 0 Å². The first-order valence-electron chi connectivity index (χ1n) is 7.84. The molecular weight excluding hydrogens is 378 g/mol. The molecule has 4 rings (SSSR count). The fraction of sp³-hybridized carbons (Fsp3) is 0.235. The molecule has 2 amide bonds. The van der Waals surface area contributed by atoms with E-state index < -0.39 is 0 Å². The number of carbonyl (C=O) groups is 2. The zero-order valence-corrected chi connectivity index (χ0v) is 15.5. The van der Waals surface area contributed by atoms with E-state index in [1.54, 1.807) is 6.07 Å². The van der Waals surface area contributed by atoms with E-state index in [1.165, 1.54) is 22.7 Å². The van der Waals surface area contributed by atoms with Crippen LogP contribution in [0.1, 0.15) is 36.3 Å². The number of fused-ring (bicyclic) bond motifs is 2. The highest BCUT2D eigenvalue weighted by molar-refractivity contribution is 7.18. The molecule has 0 radical (unpaired) electrons. The summed E-state index contributed by atoms with van der Waals surface area (Å²) in [5.41, 5.74) is 1.46. The molecule has 0 bridgehead atoms. The number of carbonyl (C=O) groups excluding carboxylic acids is 2. The lowest BCUT2D eigenvalue weighted by atomic mass is 10.2. The summed E-state index contributed by atoms with van der Waals surface area (Å²) in [6.07, 6.45) is 1.72. The molecule has 1 aliphatic rings. The number of nitrogens with one attached hydrogen (secondary N) is 2. The van der Waals surface area contributed by atoms with Crippen LogP contribution in [0.2, 0.25) is 5.02 Å². The maximum Gasteiger partial charge on any atom is 0.261 e. The van der Waals surface area contributed by atoms with Crippen molar-refractivity contribution in [2.45, 2.75) is 19.4 Å². The number of thiophene rings is 1. The normalized spacial score (nSPS) is 14.0. The van der Waals surface area contributed by atoms with E-state index in [0.717, 1.165) is 32.9 Å². The number of nitrogens with zero attached hydrogens (tertiary/aromatic N) is 1. The second-order valence-electron chi connectivity index (χ2n) is 5.71. The first-order valence-corrected chi connectivity index (χ1v) is 9.85. The summed E-state index contributed by atoms with van der Waals surface area (Å²) in [6.45, 7) is 1.04. The number of aryl methyl sites for hydroxylation is 1. The van der Waals surface area contributed by atoms with Gasteiger partial charge in [-0.25, -0.2) is 4.98 Å². The van der Waals surface area contributed by atoms with Crippen LogP contribution >= 0.6 is 34.3 Å². The van der Waals surface area contributed by atoms with Crippen molar-refractivity contribution in [3.05, 3.63) is 49.6 Å². The minimum Gasteiger partial charge on any atom is -0.352 e. The number of rotatable bonds is 3. The van der Waals surface area contributed by atoms with Gasteiger partial charge in [0.1, 0.15) is 5.01 Å². The van der Waals surface area contributed by atoms with Gasteiger partial charge in [-0.2, -0.15) is 0 Å². The SMILES string of the molecule is O=C(NCc1nc2cc(Cl)ccc2s1)c1cc2c(s1)CCCNC2=O. The van der Waals surface area contributed by atoms with Crippen LogP contribution in [0, 0.1) is 0 Å². The Balaban J connectivity index is 1.48. The summed E-state index contributed by atoms with van der Waals surface area (Å²) in [7, 11) is 0. The topological polar surface area (TPSA) is 71.1 Å². The van der Waals surface area contributed by atoms with Crippen LogP contribution < -0.4 is 10.6 Å². The quantitative estimate of drug-likeness (QED) is 0.716. The summed E-state index contributed by atoms with van der Waals surface area (Å²) in [6, 6.07) is 7.26. The summed E-state index contributed by atoms with van der Waals surface area (Å²) < 4.78 is 1.04. The molecular formula is C17H14ClN3O2S2. The molecule has 0 atom stereocenters. The standard InChI is InChI=1S/C17H14ClN3O2S2/c18-9-3-4-13-11(6-9)21-15(25-13)8-20-17(23)14-7-10-12(24-14)2-1-5-19-16(10)22/h3-4,6-7H,1-2,5,8H2,(H,19,22)(H,20,23). The highest BCUT2D eigenvalue weighted by Gasteiger charge is 2.21. The van der Waals surface area contributed by atoms with E-state index in [2.05, 4.69) is 15.6 Å². The number of hydrogen-bond donors (Lipinski definition) is 2. The molecule has 1 aromatic carbocycles. The number of hydrogen-bond acceptors (Lipinski definition) is 5. The van der Waals surface area contributed by atoms with Gasteiger partial charge in [-0.15, -0.1) is 22.7 Å². The molecule has 3 aromatic rings. The van der Waals surface area contributed by atoms with Crippen molar-refractivity contribution in [2.75, 3.05) is 6.54 Å². The molecule has 0 fully saturated rings. The van der Waals surface area contributed by atoms with Crippen molar-refractivity contribution in [3.8, 4) is 0 Å². The Morgan fingerprint density at radius 1 is 1.32 bits per heavy atom. The summed E-state index contributed by atoms with van der Waals surface area (Å²) >= 11 is 8.90. The van der Waals surface area contributed by atoms with Crippen molar-refractivity contribution < 1.29 is 9.59 Å². The first kappa shape index (κ1) is 16.5. The van der Waals surface area contributed by atoms with Crippen LogP contribution in [0.3, 0.4) is 0 Å². The van der Waals surface area contributed by atoms with E-state index in [-0.39, 0.29) is 11.8 Å². The average molecular weight is 392 g/mol. The summed E-state index contributed by atoms with van der Waals surface area (Å²) in [4.78, 5) is 30.4. The molecule has 2 N–H and O–H groups in total. The molecule has 2 aromatic heterocycles. The zero-order chi connectivity index (χ0) is 17.4. The second-order valence-corrected chi connectivity index (χ2v) is 8.40. The number of thiazole rings is 1. The van der Waals surface area contributed by atoms with Gasteiger partial charge in [0, 0.05) is 16.4 Å². The first-order chi connectivity index (χ1) is 12.1. The lowest BCUT2D eigenvalue weighted by Crippen LogP contribution is -2.23. The molecule has 0 spiro atoms. The Labute approximate surface area is 157 Å². The minimum atomic E-state index is -0.178. The predicted molar refractivity (Wildman–Crippen MR) is 101 cm³/mol. The van der Waals surface area contributed by atoms with Gasteiger partial charge in [0.25, 0.3) is 11.8 Å². The van der Waals surface area contributed by atoms with Gasteiger partial charge in [0.15, 0.2) is 0 Å². The van der Waals surface area contributed by atoms with Gasteiger partial charge < -0.3 is 10.6 Å². The van der Waals surface area contributed by atoms with Crippen LogP contribution in [0.4, 0.5) is 0 Å². The van der Waals surface area contributed by atoms with E-state index in [1.807, 2.05) is 18.2 Å². The Morgan fingerprint density at radius 3 is 3.08 bits per heavy atom.